The van der Waals surface area contributed by atoms with Crippen LogP contribution in [0.3, 0.4) is 0 Å². The van der Waals surface area contributed by atoms with Crippen LogP contribution in [0.2, 0.25) is 0 Å². The van der Waals surface area contributed by atoms with Crippen molar-refractivity contribution in [2.75, 3.05) is 20.1 Å². The molecule has 0 saturated carbocycles. The summed E-state index contributed by atoms with van der Waals surface area (Å²) in [5.74, 6) is -0.329. The fourth-order valence-electron chi connectivity index (χ4n) is 1.30. The molecule has 1 N–H and O–H groups in total. The normalized spacial score (nSPS) is 12.1. The van der Waals surface area contributed by atoms with Crippen LogP contribution in [0.5, 0.6) is 0 Å². The molecular weight excluding hydrogens is 323 g/mol. The van der Waals surface area contributed by atoms with Gasteiger partial charge in [0.2, 0.25) is 0 Å². The summed E-state index contributed by atoms with van der Waals surface area (Å²) in [6.45, 7) is 2.46. The Balaban J connectivity index is 2.54. The Labute approximate surface area is 115 Å². The van der Waals surface area contributed by atoms with Crippen LogP contribution in [0.4, 0.5) is 4.39 Å². The monoisotopic (exact) mass is 338 g/mol. The summed E-state index contributed by atoms with van der Waals surface area (Å²) < 4.78 is 40.3. The van der Waals surface area contributed by atoms with Crippen LogP contribution in [0.15, 0.2) is 22.7 Å². The maximum absolute atomic E-state index is 13.0. The number of hydrogen-bond acceptors (Lipinski definition) is 2. The largest absolute Gasteiger partial charge is 0.279 e. The fourth-order valence-corrected chi connectivity index (χ4v) is 2.65. The fraction of sp³-hybridized carbons (Fsp3) is 0.455. The maximum Gasteiger partial charge on any atom is 0.279 e. The molecule has 7 heteroatoms. The van der Waals surface area contributed by atoms with Crippen molar-refractivity contribution in [3.63, 3.8) is 0 Å². The lowest BCUT2D eigenvalue weighted by atomic mass is 10.1. The molecule has 0 unspecified atom stereocenters. The first kappa shape index (κ1) is 15.6. The predicted octanol–water partition coefficient (Wildman–Crippen LogP) is 1.92. The second-order valence-corrected chi connectivity index (χ2v) is 6.53. The second kappa shape index (κ2) is 6.60. The van der Waals surface area contributed by atoms with Crippen LogP contribution in [-0.2, 0) is 16.6 Å². The van der Waals surface area contributed by atoms with Crippen molar-refractivity contribution in [1.29, 1.82) is 0 Å². The van der Waals surface area contributed by atoms with E-state index in [1.807, 2.05) is 0 Å². The van der Waals surface area contributed by atoms with E-state index in [9.17, 15) is 12.8 Å². The summed E-state index contributed by atoms with van der Waals surface area (Å²) in [7, 11) is -1.89. The van der Waals surface area contributed by atoms with Crippen molar-refractivity contribution >= 4 is 26.1 Å². The van der Waals surface area contributed by atoms with E-state index in [0.717, 1.165) is 5.56 Å². The lowest BCUT2D eigenvalue weighted by molar-refractivity contribution is 0.474. The van der Waals surface area contributed by atoms with Crippen molar-refractivity contribution in [3.05, 3.63) is 34.1 Å². The van der Waals surface area contributed by atoms with Crippen molar-refractivity contribution in [2.45, 2.75) is 13.3 Å². The lowest BCUT2D eigenvalue weighted by Gasteiger charge is -2.15. The Morgan fingerprint density at radius 1 is 1.44 bits per heavy atom. The molecule has 18 heavy (non-hydrogen) atoms. The molecule has 1 rings (SSSR count). The average Bonchev–Trinajstić information content (AvgIpc) is 2.32. The quantitative estimate of drug-likeness (QED) is 0.861. The van der Waals surface area contributed by atoms with Gasteiger partial charge in [-0.2, -0.15) is 12.7 Å². The van der Waals surface area contributed by atoms with Gasteiger partial charge in [0.15, 0.2) is 0 Å². The molecule has 4 nitrogen and oxygen atoms in total. The minimum absolute atomic E-state index is 0.282. The van der Waals surface area contributed by atoms with Crippen LogP contribution >= 0.6 is 15.9 Å². The molecule has 0 aliphatic heterocycles. The summed E-state index contributed by atoms with van der Waals surface area (Å²) in [6.07, 6.45) is 0.510. The molecule has 0 spiro atoms. The van der Waals surface area contributed by atoms with Gasteiger partial charge in [0.05, 0.1) is 4.47 Å². The number of nitrogens with zero attached hydrogens (tertiary/aromatic N) is 1. The van der Waals surface area contributed by atoms with Crippen LogP contribution in [0.25, 0.3) is 0 Å². The maximum atomic E-state index is 13.0. The van der Waals surface area contributed by atoms with Gasteiger partial charge in [0, 0.05) is 20.1 Å². The first-order valence-corrected chi connectivity index (χ1v) is 7.75. The summed E-state index contributed by atoms with van der Waals surface area (Å²) in [5.41, 5.74) is 0.866. The highest BCUT2D eigenvalue weighted by atomic mass is 79.9. The molecule has 0 saturated heterocycles. The molecule has 0 atom stereocenters. The van der Waals surface area contributed by atoms with E-state index in [1.165, 1.54) is 17.4 Å². The van der Waals surface area contributed by atoms with Gasteiger partial charge in [-0.3, -0.25) is 0 Å². The number of benzene rings is 1. The van der Waals surface area contributed by atoms with Crippen molar-refractivity contribution in [3.8, 4) is 0 Å². The molecule has 0 amide bonds. The minimum Gasteiger partial charge on any atom is -0.206 e. The van der Waals surface area contributed by atoms with Crippen LogP contribution in [-0.4, -0.2) is 32.9 Å². The third-order valence-corrected chi connectivity index (χ3v) is 4.79. The van der Waals surface area contributed by atoms with Gasteiger partial charge >= 0.3 is 0 Å². The van der Waals surface area contributed by atoms with Gasteiger partial charge in [-0.05, 0) is 40.0 Å². The van der Waals surface area contributed by atoms with Gasteiger partial charge in [-0.1, -0.05) is 13.0 Å². The summed E-state index contributed by atoms with van der Waals surface area (Å²) in [5, 5.41) is 0. The molecule has 0 radical (unpaired) electrons. The zero-order valence-corrected chi connectivity index (χ0v) is 12.7. The van der Waals surface area contributed by atoms with Crippen molar-refractivity contribution in [2.24, 2.45) is 0 Å². The van der Waals surface area contributed by atoms with E-state index < -0.39 is 10.2 Å². The van der Waals surface area contributed by atoms with Crippen molar-refractivity contribution in [1.82, 2.24) is 9.03 Å². The van der Waals surface area contributed by atoms with Crippen molar-refractivity contribution < 1.29 is 12.8 Å². The van der Waals surface area contributed by atoms with Gasteiger partial charge < -0.3 is 0 Å². The lowest BCUT2D eigenvalue weighted by Crippen LogP contribution is -2.38. The minimum atomic E-state index is -3.40. The second-order valence-electron chi connectivity index (χ2n) is 3.81. The van der Waals surface area contributed by atoms with E-state index in [1.54, 1.807) is 19.1 Å². The summed E-state index contributed by atoms with van der Waals surface area (Å²) in [6, 6.07) is 4.64. The highest BCUT2D eigenvalue weighted by molar-refractivity contribution is 9.10. The Morgan fingerprint density at radius 2 is 2.11 bits per heavy atom. The van der Waals surface area contributed by atoms with Gasteiger partial charge in [0.1, 0.15) is 5.82 Å². The molecule has 0 aliphatic rings. The average molecular weight is 339 g/mol. The van der Waals surface area contributed by atoms with Crippen LogP contribution in [0.1, 0.15) is 12.5 Å². The molecule has 0 aliphatic carbocycles. The van der Waals surface area contributed by atoms with E-state index in [4.69, 9.17) is 0 Å². The SMILES string of the molecule is CCN(C)S(=O)(=O)NCCc1ccc(F)c(Br)c1. The molecule has 0 bridgehead atoms. The first-order valence-electron chi connectivity index (χ1n) is 5.51. The van der Waals surface area contributed by atoms with Crippen LogP contribution in [0, 0.1) is 5.82 Å². The smallest absolute Gasteiger partial charge is 0.206 e. The Bertz CT molecular complexity index is 508. The van der Waals surface area contributed by atoms with Gasteiger partial charge in [-0.15, -0.1) is 0 Å². The van der Waals surface area contributed by atoms with E-state index in [0.29, 0.717) is 17.4 Å². The molecule has 0 heterocycles. The van der Waals surface area contributed by atoms with Gasteiger partial charge in [0.25, 0.3) is 10.2 Å². The zero-order valence-electron chi connectivity index (χ0n) is 10.3. The van der Waals surface area contributed by atoms with E-state index in [2.05, 4.69) is 20.7 Å². The highest BCUT2D eigenvalue weighted by Gasteiger charge is 2.14. The topological polar surface area (TPSA) is 49.4 Å². The third-order valence-electron chi connectivity index (χ3n) is 2.54. The van der Waals surface area contributed by atoms with Crippen LogP contribution < -0.4 is 4.72 Å². The highest BCUT2D eigenvalue weighted by Crippen LogP contribution is 2.16. The number of hydrogen-bond donors (Lipinski definition) is 1. The molecule has 1 aromatic carbocycles. The summed E-state index contributed by atoms with van der Waals surface area (Å²) in [4.78, 5) is 0. The third kappa shape index (κ3) is 4.31. The van der Waals surface area contributed by atoms with Gasteiger partial charge in [-0.25, -0.2) is 9.11 Å². The standard InChI is InChI=1S/C11H16BrFN2O2S/c1-3-15(2)18(16,17)14-7-6-9-4-5-11(13)10(12)8-9/h4-5,8,14H,3,6-7H2,1-2H3. The molecule has 0 aromatic heterocycles. The summed E-state index contributed by atoms with van der Waals surface area (Å²) >= 11 is 3.09. The predicted molar refractivity (Wildman–Crippen MR) is 73.0 cm³/mol. The Morgan fingerprint density at radius 3 is 2.67 bits per heavy atom. The Kier molecular flexibility index (Phi) is 5.71. The molecule has 1 aromatic rings. The molecule has 102 valence electrons. The van der Waals surface area contributed by atoms with E-state index in [-0.39, 0.29) is 12.4 Å². The van der Waals surface area contributed by atoms with E-state index >= 15 is 0 Å². The Hall–Kier alpha value is -0.500. The first-order chi connectivity index (χ1) is 8.36. The number of nitrogens with one attached hydrogen (secondary N) is 1. The molecule has 0 fully saturated rings. The number of rotatable bonds is 6. The molecular formula is C11H16BrFN2O2S. The number of halogens is 2. The zero-order chi connectivity index (χ0) is 13.8.